The first-order valence-electron chi connectivity index (χ1n) is 5.79. The van der Waals surface area contributed by atoms with Crippen LogP contribution in [-0.2, 0) is 11.4 Å². The van der Waals surface area contributed by atoms with Gasteiger partial charge in [0.1, 0.15) is 0 Å². The SMILES string of the molecule is CNC(=O)C(C)Oc1cc([N+](=O)[O-])c(CO)cc1OC. The lowest BCUT2D eigenvalue weighted by Gasteiger charge is -2.16. The average molecular weight is 284 g/mol. The molecule has 1 atom stereocenters. The van der Waals surface area contributed by atoms with Crippen molar-refractivity contribution in [2.24, 2.45) is 0 Å². The number of nitro benzene ring substituents is 1. The topological polar surface area (TPSA) is 111 Å². The number of aliphatic hydroxyl groups is 1. The zero-order valence-corrected chi connectivity index (χ0v) is 11.4. The molecule has 0 spiro atoms. The van der Waals surface area contributed by atoms with Crippen molar-refractivity contribution < 1.29 is 24.3 Å². The third kappa shape index (κ3) is 3.35. The van der Waals surface area contributed by atoms with Crippen molar-refractivity contribution >= 4 is 11.6 Å². The van der Waals surface area contributed by atoms with Gasteiger partial charge in [0.2, 0.25) is 0 Å². The van der Waals surface area contributed by atoms with Gasteiger partial charge in [0.15, 0.2) is 17.6 Å². The molecule has 1 unspecified atom stereocenters. The molecule has 0 aliphatic rings. The van der Waals surface area contributed by atoms with Gasteiger partial charge in [-0.05, 0) is 13.0 Å². The molecule has 110 valence electrons. The highest BCUT2D eigenvalue weighted by molar-refractivity contribution is 5.80. The van der Waals surface area contributed by atoms with Gasteiger partial charge in [-0.2, -0.15) is 0 Å². The predicted octanol–water partition coefficient (Wildman–Crippen LogP) is 0.609. The molecular weight excluding hydrogens is 268 g/mol. The van der Waals surface area contributed by atoms with Gasteiger partial charge >= 0.3 is 0 Å². The largest absolute Gasteiger partial charge is 0.493 e. The first kappa shape index (κ1) is 15.7. The molecule has 1 amide bonds. The van der Waals surface area contributed by atoms with Crippen LogP contribution in [0.1, 0.15) is 12.5 Å². The van der Waals surface area contributed by atoms with Crippen molar-refractivity contribution in [1.29, 1.82) is 0 Å². The molecule has 0 aliphatic carbocycles. The summed E-state index contributed by atoms with van der Waals surface area (Å²) >= 11 is 0. The van der Waals surface area contributed by atoms with E-state index in [0.29, 0.717) is 0 Å². The van der Waals surface area contributed by atoms with E-state index in [0.717, 1.165) is 6.07 Å². The number of nitrogens with one attached hydrogen (secondary N) is 1. The lowest BCUT2D eigenvalue weighted by atomic mass is 10.1. The smallest absolute Gasteiger partial charge is 0.278 e. The summed E-state index contributed by atoms with van der Waals surface area (Å²) in [4.78, 5) is 21.7. The zero-order chi connectivity index (χ0) is 15.3. The van der Waals surface area contributed by atoms with E-state index >= 15 is 0 Å². The molecule has 8 nitrogen and oxygen atoms in total. The van der Waals surface area contributed by atoms with E-state index in [1.165, 1.54) is 27.1 Å². The van der Waals surface area contributed by atoms with E-state index in [4.69, 9.17) is 14.6 Å². The Kier molecular flexibility index (Phi) is 5.27. The molecule has 20 heavy (non-hydrogen) atoms. The first-order valence-corrected chi connectivity index (χ1v) is 5.79. The number of nitrogens with zero attached hydrogens (tertiary/aromatic N) is 1. The van der Waals surface area contributed by atoms with Crippen molar-refractivity contribution in [2.75, 3.05) is 14.2 Å². The molecular formula is C12H16N2O6. The van der Waals surface area contributed by atoms with Crippen molar-refractivity contribution in [3.8, 4) is 11.5 Å². The maximum atomic E-state index is 11.4. The van der Waals surface area contributed by atoms with Gasteiger partial charge in [-0.3, -0.25) is 14.9 Å². The Morgan fingerprint density at radius 2 is 2.15 bits per heavy atom. The van der Waals surface area contributed by atoms with E-state index in [-0.39, 0.29) is 28.7 Å². The molecule has 2 N–H and O–H groups in total. The van der Waals surface area contributed by atoms with Crippen LogP contribution in [0.4, 0.5) is 5.69 Å². The zero-order valence-electron chi connectivity index (χ0n) is 11.4. The number of aliphatic hydroxyl groups excluding tert-OH is 1. The Morgan fingerprint density at radius 3 is 2.60 bits per heavy atom. The summed E-state index contributed by atoms with van der Waals surface area (Å²) in [5.74, 6) is -0.108. The van der Waals surface area contributed by atoms with Gasteiger partial charge in [-0.1, -0.05) is 0 Å². The Labute approximate surface area is 115 Å². The fourth-order valence-corrected chi connectivity index (χ4v) is 1.59. The normalized spacial score (nSPS) is 11.6. The number of nitro groups is 1. The molecule has 0 fully saturated rings. The van der Waals surface area contributed by atoms with Crippen LogP contribution in [0.15, 0.2) is 12.1 Å². The van der Waals surface area contributed by atoms with Crippen molar-refractivity contribution in [2.45, 2.75) is 19.6 Å². The molecule has 0 saturated heterocycles. The highest BCUT2D eigenvalue weighted by Gasteiger charge is 2.22. The fraction of sp³-hybridized carbons (Fsp3) is 0.417. The van der Waals surface area contributed by atoms with Gasteiger partial charge in [0.25, 0.3) is 11.6 Å². The van der Waals surface area contributed by atoms with E-state index in [1.54, 1.807) is 0 Å². The minimum absolute atomic E-state index is 0.0625. The van der Waals surface area contributed by atoms with Crippen LogP contribution >= 0.6 is 0 Å². The lowest BCUT2D eigenvalue weighted by Crippen LogP contribution is -2.33. The Bertz CT molecular complexity index is 517. The summed E-state index contributed by atoms with van der Waals surface area (Å²) < 4.78 is 10.4. The molecule has 0 aromatic heterocycles. The number of rotatable bonds is 6. The number of amides is 1. The number of carbonyl (C=O) groups excluding carboxylic acids is 1. The van der Waals surface area contributed by atoms with Crippen LogP contribution in [0.3, 0.4) is 0 Å². The molecule has 8 heteroatoms. The van der Waals surface area contributed by atoms with E-state index in [2.05, 4.69) is 5.32 Å². The van der Waals surface area contributed by atoms with Crippen molar-refractivity contribution in [3.63, 3.8) is 0 Å². The molecule has 0 radical (unpaired) electrons. The van der Waals surface area contributed by atoms with Crippen LogP contribution in [0.2, 0.25) is 0 Å². The second-order valence-electron chi connectivity index (χ2n) is 3.92. The maximum Gasteiger partial charge on any atom is 0.278 e. The van der Waals surface area contributed by atoms with E-state index in [1.807, 2.05) is 0 Å². The number of ether oxygens (including phenoxy) is 2. The third-order valence-electron chi connectivity index (χ3n) is 2.65. The maximum absolute atomic E-state index is 11.4. The van der Waals surface area contributed by atoms with Gasteiger partial charge in [-0.25, -0.2) is 0 Å². The molecule has 1 rings (SSSR count). The number of benzene rings is 1. The number of likely N-dealkylation sites (N-methyl/N-ethyl adjacent to an activating group) is 1. The average Bonchev–Trinajstić information content (AvgIpc) is 2.45. The minimum atomic E-state index is -0.839. The second-order valence-corrected chi connectivity index (χ2v) is 3.92. The summed E-state index contributed by atoms with van der Waals surface area (Å²) in [6, 6.07) is 2.44. The van der Waals surface area contributed by atoms with Crippen LogP contribution in [-0.4, -0.2) is 36.2 Å². The lowest BCUT2D eigenvalue weighted by molar-refractivity contribution is -0.386. The van der Waals surface area contributed by atoms with Gasteiger partial charge in [-0.15, -0.1) is 0 Å². The molecule has 0 bridgehead atoms. The number of hydrogen-bond acceptors (Lipinski definition) is 6. The Hall–Kier alpha value is -2.35. The molecule has 1 aromatic carbocycles. The van der Waals surface area contributed by atoms with Gasteiger partial charge < -0.3 is 19.9 Å². The number of hydrogen-bond donors (Lipinski definition) is 2. The first-order chi connectivity index (χ1) is 9.44. The summed E-state index contributed by atoms with van der Waals surface area (Å²) in [6.07, 6.45) is -0.839. The highest BCUT2D eigenvalue weighted by Crippen LogP contribution is 2.35. The van der Waals surface area contributed by atoms with E-state index < -0.39 is 17.6 Å². The van der Waals surface area contributed by atoms with Gasteiger partial charge in [0.05, 0.1) is 30.3 Å². The van der Waals surface area contributed by atoms with Crippen molar-refractivity contribution in [1.82, 2.24) is 5.32 Å². The molecule has 0 saturated carbocycles. The summed E-state index contributed by atoms with van der Waals surface area (Å²) in [5, 5.41) is 22.5. The van der Waals surface area contributed by atoms with Crippen LogP contribution in [0, 0.1) is 10.1 Å². The third-order valence-corrected chi connectivity index (χ3v) is 2.65. The number of methoxy groups -OCH3 is 1. The molecule has 0 aliphatic heterocycles. The number of carbonyl (C=O) groups is 1. The highest BCUT2D eigenvalue weighted by atomic mass is 16.6. The fourth-order valence-electron chi connectivity index (χ4n) is 1.59. The standard InChI is InChI=1S/C12H16N2O6/c1-7(12(16)13-2)20-11-5-9(14(17)18)8(6-15)4-10(11)19-3/h4-5,7,15H,6H2,1-3H3,(H,13,16). The van der Waals surface area contributed by atoms with Crippen LogP contribution in [0.5, 0.6) is 11.5 Å². The minimum Gasteiger partial charge on any atom is -0.493 e. The van der Waals surface area contributed by atoms with Gasteiger partial charge in [0, 0.05) is 7.05 Å². The summed E-state index contributed by atoms with van der Waals surface area (Å²) in [7, 11) is 2.82. The summed E-state index contributed by atoms with van der Waals surface area (Å²) in [5.41, 5.74) is -0.195. The van der Waals surface area contributed by atoms with Crippen LogP contribution < -0.4 is 14.8 Å². The summed E-state index contributed by atoms with van der Waals surface area (Å²) in [6.45, 7) is 1.00. The predicted molar refractivity (Wildman–Crippen MR) is 69.7 cm³/mol. The molecule has 1 aromatic rings. The molecule has 0 heterocycles. The Balaban J connectivity index is 3.20. The monoisotopic (exact) mass is 284 g/mol. The van der Waals surface area contributed by atoms with E-state index in [9.17, 15) is 14.9 Å². The Morgan fingerprint density at radius 1 is 1.50 bits per heavy atom. The quantitative estimate of drug-likeness (QED) is 0.585. The second kappa shape index (κ2) is 6.71. The van der Waals surface area contributed by atoms with Crippen LogP contribution in [0.25, 0.3) is 0 Å². The van der Waals surface area contributed by atoms with Crippen molar-refractivity contribution in [3.05, 3.63) is 27.8 Å².